The van der Waals surface area contributed by atoms with Gasteiger partial charge in [-0.15, -0.1) is 0 Å². The lowest BCUT2D eigenvalue weighted by Gasteiger charge is -2.14. The number of ether oxygens (including phenoxy) is 2. The van der Waals surface area contributed by atoms with Crippen molar-refractivity contribution in [2.45, 2.75) is 11.1 Å². The summed E-state index contributed by atoms with van der Waals surface area (Å²) in [6.45, 7) is -0.375. The second-order valence-corrected chi connectivity index (χ2v) is 7.31. The number of hydrogen-bond donors (Lipinski definition) is 2. The number of hydrogen-bond acceptors (Lipinski definition) is 7. The fourth-order valence-electron chi connectivity index (χ4n) is 2.35. The van der Waals surface area contributed by atoms with Gasteiger partial charge in [0.1, 0.15) is 16.5 Å². The Balaban J connectivity index is 2.07. The lowest BCUT2D eigenvalue weighted by molar-refractivity contribution is -0.137. The number of alkyl halides is 3. The first kappa shape index (κ1) is 22.4. The van der Waals surface area contributed by atoms with E-state index in [4.69, 9.17) is 4.74 Å². The molecule has 2 N–H and O–H groups in total. The molecule has 158 valence electrons. The first-order valence-corrected chi connectivity index (χ1v) is 9.60. The summed E-state index contributed by atoms with van der Waals surface area (Å²) in [7, 11) is -1.64. The van der Waals surface area contributed by atoms with Crippen LogP contribution in [0.25, 0.3) is 0 Å². The van der Waals surface area contributed by atoms with E-state index in [0.717, 1.165) is 12.1 Å². The predicted octanol–water partition coefficient (Wildman–Crippen LogP) is 2.29. The van der Waals surface area contributed by atoms with Crippen LogP contribution in [0.1, 0.15) is 15.9 Å². The molecule has 12 heteroatoms. The summed E-state index contributed by atoms with van der Waals surface area (Å²) in [6, 6.07) is 5.66. The van der Waals surface area contributed by atoms with Crippen LogP contribution in [0.4, 0.5) is 19.0 Å². The molecule has 0 aliphatic carbocycles. The molecule has 2 aromatic rings. The van der Waals surface area contributed by atoms with Crippen molar-refractivity contribution in [1.29, 1.82) is 0 Å². The number of esters is 1. The van der Waals surface area contributed by atoms with Crippen LogP contribution < -0.4 is 14.8 Å². The zero-order chi connectivity index (χ0) is 21.7. The number of aromatic nitrogens is 1. The summed E-state index contributed by atoms with van der Waals surface area (Å²) in [4.78, 5) is 14.9. The van der Waals surface area contributed by atoms with Gasteiger partial charge in [0.2, 0.25) is 10.0 Å². The molecular weight excluding hydrogens is 415 g/mol. The molecule has 0 radical (unpaired) electrons. The molecule has 8 nitrogen and oxygen atoms in total. The molecule has 0 spiro atoms. The van der Waals surface area contributed by atoms with E-state index in [2.05, 4.69) is 19.8 Å². The van der Waals surface area contributed by atoms with Crippen molar-refractivity contribution in [3.8, 4) is 5.75 Å². The normalized spacial score (nSPS) is 11.8. The monoisotopic (exact) mass is 433 g/mol. The Morgan fingerprint density at radius 3 is 2.52 bits per heavy atom. The van der Waals surface area contributed by atoms with Crippen LogP contribution in [0.2, 0.25) is 0 Å². The summed E-state index contributed by atoms with van der Waals surface area (Å²) < 4.78 is 75.6. The minimum absolute atomic E-state index is 0.0857. The highest BCUT2D eigenvalue weighted by Gasteiger charge is 2.34. The van der Waals surface area contributed by atoms with Crippen LogP contribution >= 0.6 is 0 Å². The number of carbonyl (C=O) groups is 1. The molecule has 0 amide bonds. The summed E-state index contributed by atoms with van der Waals surface area (Å²) in [6.07, 6.45) is -3.40. The third-order valence-electron chi connectivity index (χ3n) is 3.70. The first-order chi connectivity index (χ1) is 13.6. The molecule has 29 heavy (non-hydrogen) atoms. The van der Waals surface area contributed by atoms with E-state index >= 15 is 0 Å². The Morgan fingerprint density at radius 1 is 1.17 bits per heavy atom. The molecular formula is C17H18F3N3O5S. The highest BCUT2D eigenvalue weighted by atomic mass is 32.2. The third kappa shape index (κ3) is 5.57. The zero-order valence-corrected chi connectivity index (χ0v) is 16.2. The van der Waals surface area contributed by atoms with Crippen molar-refractivity contribution in [3.63, 3.8) is 0 Å². The molecule has 0 fully saturated rings. The van der Waals surface area contributed by atoms with E-state index in [1.807, 2.05) is 0 Å². The molecule has 0 saturated heterocycles. The van der Waals surface area contributed by atoms with Crippen molar-refractivity contribution in [1.82, 2.24) is 9.71 Å². The Morgan fingerprint density at radius 2 is 1.90 bits per heavy atom. The van der Waals surface area contributed by atoms with Crippen molar-refractivity contribution in [2.75, 3.05) is 32.6 Å². The number of methoxy groups -OCH3 is 2. The Bertz CT molecular complexity index is 981. The highest BCUT2D eigenvalue weighted by Crippen LogP contribution is 2.33. The number of sulfonamides is 1. The Hall–Kier alpha value is -2.86. The van der Waals surface area contributed by atoms with Gasteiger partial charge in [-0.25, -0.2) is 22.9 Å². The fourth-order valence-corrected chi connectivity index (χ4v) is 3.53. The summed E-state index contributed by atoms with van der Waals surface area (Å²) >= 11 is 0. The average Bonchev–Trinajstić information content (AvgIpc) is 2.69. The van der Waals surface area contributed by atoms with Gasteiger partial charge < -0.3 is 14.8 Å². The number of nitrogens with one attached hydrogen (secondary N) is 2. The molecule has 0 aliphatic heterocycles. The number of benzene rings is 1. The smallest absolute Gasteiger partial charge is 0.419 e. The van der Waals surface area contributed by atoms with E-state index in [9.17, 15) is 26.4 Å². The van der Waals surface area contributed by atoms with Gasteiger partial charge in [0.05, 0.1) is 25.3 Å². The maximum Gasteiger partial charge on any atom is 0.419 e. The minimum Gasteiger partial charge on any atom is -0.495 e. The summed E-state index contributed by atoms with van der Waals surface area (Å²) in [5.41, 5.74) is -0.859. The van der Waals surface area contributed by atoms with Gasteiger partial charge in [0, 0.05) is 19.3 Å². The standard InChI is InChI=1S/C17H18F3N3O5S/c1-27-13-10-11(16(24)28-2)5-6-14(13)29(25,26)23-9-8-22-15-12(17(18,19)20)4-3-7-21-15/h3-7,10,23H,8-9H2,1-2H3,(H,21,22). The Labute approximate surface area is 165 Å². The highest BCUT2D eigenvalue weighted by molar-refractivity contribution is 7.89. The van der Waals surface area contributed by atoms with Gasteiger partial charge in [0.15, 0.2) is 0 Å². The maximum atomic E-state index is 12.9. The molecule has 1 heterocycles. The van der Waals surface area contributed by atoms with Crippen molar-refractivity contribution in [2.24, 2.45) is 0 Å². The largest absolute Gasteiger partial charge is 0.495 e. The van der Waals surface area contributed by atoms with Gasteiger partial charge >= 0.3 is 12.1 Å². The summed E-state index contributed by atoms with van der Waals surface area (Å²) in [5.74, 6) is -1.16. The first-order valence-electron chi connectivity index (χ1n) is 8.12. The van der Waals surface area contributed by atoms with Crippen molar-refractivity contribution < 1.29 is 35.9 Å². The third-order valence-corrected chi connectivity index (χ3v) is 5.20. The zero-order valence-electron chi connectivity index (χ0n) is 15.4. The molecule has 1 aromatic carbocycles. The molecule has 2 rings (SSSR count). The second-order valence-electron chi connectivity index (χ2n) is 5.58. The molecule has 0 atom stereocenters. The van der Waals surface area contributed by atoms with Crippen LogP contribution in [0.15, 0.2) is 41.4 Å². The minimum atomic E-state index is -4.59. The number of nitrogens with zero attached hydrogens (tertiary/aromatic N) is 1. The number of rotatable bonds is 8. The van der Waals surface area contributed by atoms with E-state index < -0.39 is 33.6 Å². The lowest BCUT2D eigenvalue weighted by atomic mass is 10.2. The molecule has 0 bridgehead atoms. The molecule has 0 aliphatic rings. The topological polar surface area (TPSA) is 107 Å². The Kier molecular flexibility index (Phi) is 7.03. The quantitative estimate of drug-likeness (QED) is 0.486. The molecule has 0 unspecified atom stereocenters. The fraction of sp³-hybridized carbons (Fsp3) is 0.294. The number of halogens is 3. The number of pyridine rings is 1. The van der Waals surface area contributed by atoms with Crippen molar-refractivity contribution >= 4 is 21.8 Å². The van der Waals surface area contributed by atoms with Gasteiger partial charge in [-0.3, -0.25) is 0 Å². The second kappa shape index (κ2) is 9.09. The lowest BCUT2D eigenvalue weighted by Crippen LogP contribution is -2.29. The average molecular weight is 433 g/mol. The van der Waals surface area contributed by atoms with E-state index in [1.165, 1.54) is 38.6 Å². The van der Waals surface area contributed by atoms with Gasteiger partial charge in [-0.2, -0.15) is 13.2 Å². The maximum absolute atomic E-state index is 12.9. The summed E-state index contributed by atoms with van der Waals surface area (Å²) in [5, 5.41) is 2.45. The van der Waals surface area contributed by atoms with E-state index in [-0.39, 0.29) is 29.3 Å². The van der Waals surface area contributed by atoms with E-state index in [0.29, 0.717) is 0 Å². The number of anilines is 1. The van der Waals surface area contributed by atoms with Crippen LogP contribution in [0.3, 0.4) is 0 Å². The van der Waals surface area contributed by atoms with Crippen LogP contribution in [0, 0.1) is 0 Å². The van der Waals surface area contributed by atoms with Crippen molar-refractivity contribution in [3.05, 3.63) is 47.7 Å². The number of carbonyl (C=O) groups excluding carboxylic acids is 1. The SMILES string of the molecule is COC(=O)c1ccc(S(=O)(=O)NCCNc2ncccc2C(F)(F)F)c(OC)c1. The predicted molar refractivity (Wildman–Crippen MR) is 97.3 cm³/mol. The molecule has 0 saturated carbocycles. The van der Waals surface area contributed by atoms with Crippen LogP contribution in [-0.2, 0) is 20.9 Å². The van der Waals surface area contributed by atoms with Gasteiger partial charge in [0.25, 0.3) is 0 Å². The van der Waals surface area contributed by atoms with E-state index in [1.54, 1.807) is 0 Å². The van der Waals surface area contributed by atoms with Crippen LogP contribution in [-0.4, -0.2) is 46.7 Å². The van der Waals surface area contributed by atoms with Gasteiger partial charge in [-0.05, 0) is 30.3 Å². The van der Waals surface area contributed by atoms with Gasteiger partial charge in [-0.1, -0.05) is 0 Å². The van der Waals surface area contributed by atoms with Crippen LogP contribution in [0.5, 0.6) is 5.75 Å². The molecule has 1 aromatic heterocycles.